The maximum absolute atomic E-state index is 10.7. The SMILES string of the molecule is CC=CC(C)CC(C)=CCCC(C)=CCCC(C)=CCOCP(=O)(O)O. The first kappa shape index (κ1) is 25.1. The van der Waals surface area contributed by atoms with Gasteiger partial charge < -0.3 is 14.5 Å². The standard InChI is InChI=1S/C21H37O4P/c1-6-9-20(4)16-21(5)13-8-11-18(2)10-7-12-19(3)14-15-25-17-26(22,23)24/h6,9-10,13-14,20H,7-8,11-12,15-17H2,1-5H3,(H2,22,23,24). The Labute approximate surface area is 159 Å². The molecule has 0 radical (unpaired) electrons. The van der Waals surface area contributed by atoms with Crippen LogP contribution in [0.1, 0.15) is 66.7 Å². The molecule has 0 rings (SSSR count). The molecule has 5 heteroatoms. The zero-order valence-electron chi connectivity index (χ0n) is 17.1. The molecule has 1 atom stereocenters. The van der Waals surface area contributed by atoms with Gasteiger partial charge in [-0.15, -0.1) is 0 Å². The van der Waals surface area contributed by atoms with Crippen molar-refractivity contribution in [2.24, 2.45) is 5.92 Å². The van der Waals surface area contributed by atoms with Crippen LogP contribution in [-0.2, 0) is 9.30 Å². The highest BCUT2D eigenvalue weighted by atomic mass is 31.2. The van der Waals surface area contributed by atoms with Gasteiger partial charge in [-0.25, -0.2) is 0 Å². The highest BCUT2D eigenvalue weighted by molar-refractivity contribution is 7.51. The molecule has 0 bridgehead atoms. The van der Waals surface area contributed by atoms with Crippen molar-refractivity contribution in [3.63, 3.8) is 0 Å². The average Bonchev–Trinajstić information content (AvgIpc) is 2.50. The third-order valence-corrected chi connectivity index (χ3v) is 4.56. The predicted molar refractivity (Wildman–Crippen MR) is 111 cm³/mol. The van der Waals surface area contributed by atoms with Gasteiger partial charge in [0.15, 0.2) is 0 Å². The molecular weight excluding hydrogens is 347 g/mol. The normalized spacial score (nSPS) is 15.7. The number of allylic oxidation sites excluding steroid dienone is 7. The van der Waals surface area contributed by atoms with Gasteiger partial charge >= 0.3 is 7.60 Å². The summed E-state index contributed by atoms with van der Waals surface area (Å²) in [5.74, 6) is 0.605. The molecule has 0 aromatic carbocycles. The fraction of sp³-hybridized carbons (Fsp3) is 0.619. The third-order valence-electron chi connectivity index (χ3n) is 4.04. The highest BCUT2D eigenvalue weighted by Gasteiger charge is 2.11. The lowest BCUT2D eigenvalue weighted by molar-refractivity contribution is 0.184. The minimum absolute atomic E-state index is 0.245. The van der Waals surface area contributed by atoms with Crippen LogP contribution in [0.25, 0.3) is 0 Å². The van der Waals surface area contributed by atoms with Crippen molar-refractivity contribution in [2.45, 2.75) is 66.7 Å². The Morgan fingerprint density at radius 2 is 1.54 bits per heavy atom. The van der Waals surface area contributed by atoms with Crippen molar-refractivity contribution in [2.75, 3.05) is 13.0 Å². The van der Waals surface area contributed by atoms with E-state index in [1.54, 1.807) is 0 Å². The van der Waals surface area contributed by atoms with Gasteiger partial charge in [0.05, 0.1) is 6.61 Å². The Morgan fingerprint density at radius 1 is 1.00 bits per heavy atom. The number of rotatable bonds is 13. The maximum Gasteiger partial charge on any atom is 0.350 e. The van der Waals surface area contributed by atoms with Crippen LogP contribution in [0.2, 0.25) is 0 Å². The van der Waals surface area contributed by atoms with E-state index >= 15 is 0 Å². The molecule has 0 saturated heterocycles. The first-order valence-electron chi connectivity index (χ1n) is 9.36. The van der Waals surface area contributed by atoms with Gasteiger partial charge in [0.1, 0.15) is 6.35 Å². The van der Waals surface area contributed by atoms with Crippen LogP contribution in [0.3, 0.4) is 0 Å². The van der Waals surface area contributed by atoms with Crippen LogP contribution in [0.5, 0.6) is 0 Å². The van der Waals surface area contributed by atoms with Gasteiger partial charge in [-0.05, 0) is 65.7 Å². The molecular formula is C21H37O4P. The van der Waals surface area contributed by atoms with Crippen LogP contribution in [0, 0.1) is 5.92 Å². The van der Waals surface area contributed by atoms with Crippen LogP contribution in [0.15, 0.2) is 47.1 Å². The Balaban J connectivity index is 4.04. The maximum atomic E-state index is 10.7. The Hall–Kier alpha value is -0.930. The van der Waals surface area contributed by atoms with Crippen molar-refractivity contribution in [1.82, 2.24) is 0 Å². The van der Waals surface area contributed by atoms with E-state index in [1.165, 1.54) is 16.7 Å². The first-order valence-corrected chi connectivity index (χ1v) is 11.2. The van der Waals surface area contributed by atoms with Gasteiger partial charge in [0.2, 0.25) is 0 Å². The summed E-state index contributed by atoms with van der Waals surface area (Å²) in [6.07, 6.45) is 15.6. The Kier molecular flexibility index (Phi) is 13.7. The molecule has 150 valence electrons. The average molecular weight is 384 g/mol. The van der Waals surface area contributed by atoms with Gasteiger partial charge in [0.25, 0.3) is 0 Å². The smallest absolute Gasteiger partial charge is 0.350 e. The van der Waals surface area contributed by atoms with Crippen molar-refractivity contribution in [1.29, 1.82) is 0 Å². The molecule has 0 aromatic heterocycles. The van der Waals surface area contributed by atoms with Crippen molar-refractivity contribution >= 4 is 7.60 Å². The van der Waals surface area contributed by atoms with Gasteiger partial charge in [-0.2, -0.15) is 0 Å². The topological polar surface area (TPSA) is 66.8 Å². The molecule has 2 N–H and O–H groups in total. The van der Waals surface area contributed by atoms with E-state index < -0.39 is 13.9 Å². The Bertz CT molecular complexity index is 552. The molecule has 4 nitrogen and oxygen atoms in total. The number of hydrogen-bond donors (Lipinski definition) is 2. The van der Waals surface area contributed by atoms with Crippen LogP contribution < -0.4 is 0 Å². The van der Waals surface area contributed by atoms with Gasteiger partial charge in [-0.1, -0.05) is 54.0 Å². The largest absolute Gasteiger partial charge is 0.365 e. The Morgan fingerprint density at radius 3 is 2.08 bits per heavy atom. The van der Waals surface area contributed by atoms with Crippen LogP contribution >= 0.6 is 7.60 Å². The highest BCUT2D eigenvalue weighted by Crippen LogP contribution is 2.33. The second-order valence-electron chi connectivity index (χ2n) is 7.10. The summed E-state index contributed by atoms with van der Waals surface area (Å²) in [6.45, 7) is 11.0. The lowest BCUT2D eigenvalue weighted by atomic mass is 10.00. The summed E-state index contributed by atoms with van der Waals surface area (Å²) in [5, 5.41) is 0. The van der Waals surface area contributed by atoms with Crippen LogP contribution in [0.4, 0.5) is 0 Å². The lowest BCUT2D eigenvalue weighted by Gasteiger charge is -2.07. The quantitative estimate of drug-likeness (QED) is 0.227. The molecule has 1 unspecified atom stereocenters. The van der Waals surface area contributed by atoms with Crippen molar-refractivity contribution < 1.29 is 19.1 Å². The van der Waals surface area contributed by atoms with Crippen molar-refractivity contribution in [3.8, 4) is 0 Å². The van der Waals surface area contributed by atoms with Crippen LogP contribution in [-0.4, -0.2) is 22.7 Å². The molecule has 0 heterocycles. The first-order chi connectivity index (χ1) is 12.1. The van der Waals surface area contributed by atoms with Gasteiger partial charge in [0, 0.05) is 0 Å². The molecule has 0 saturated carbocycles. The summed E-state index contributed by atoms with van der Waals surface area (Å²) >= 11 is 0. The molecule has 0 spiro atoms. The van der Waals surface area contributed by atoms with E-state index in [0.717, 1.165) is 32.1 Å². The molecule has 0 fully saturated rings. The zero-order chi connectivity index (χ0) is 20.0. The molecule has 0 aliphatic heterocycles. The van der Waals surface area contributed by atoms with E-state index in [9.17, 15) is 4.57 Å². The molecule has 26 heavy (non-hydrogen) atoms. The van der Waals surface area contributed by atoms with E-state index in [1.807, 2.05) is 13.0 Å². The number of hydrogen-bond acceptors (Lipinski definition) is 2. The fourth-order valence-corrected chi connectivity index (χ4v) is 3.00. The summed E-state index contributed by atoms with van der Waals surface area (Å²) in [7, 11) is -4.06. The fourth-order valence-electron chi connectivity index (χ4n) is 2.66. The molecule has 0 aromatic rings. The molecule has 0 aliphatic rings. The minimum Gasteiger partial charge on any atom is -0.365 e. The van der Waals surface area contributed by atoms with E-state index in [0.29, 0.717) is 5.92 Å². The van der Waals surface area contributed by atoms with E-state index in [-0.39, 0.29) is 6.61 Å². The third kappa shape index (κ3) is 16.5. The molecule has 0 aliphatic carbocycles. The minimum atomic E-state index is -4.06. The second kappa shape index (κ2) is 14.2. The zero-order valence-corrected chi connectivity index (χ0v) is 18.0. The number of ether oxygens (including phenoxy) is 1. The second-order valence-corrected chi connectivity index (χ2v) is 8.69. The lowest BCUT2D eigenvalue weighted by Crippen LogP contribution is -1.95. The predicted octanol–water partition coefficient (Wildman–Crippen LogP) is 6.14. The summed E-state index contributed by atoms with van der Waals surface area (Å²) < 4.78 is 15.6. The monoisotopic (exact) mass is 384 g/mol. The summed E-state index contributed by atoms with van der Waals surface area (Å²) in [5.41, 5.74) is 4.03. The van der Waals surface area contributed by atoms with Crippen molar-refractivity contribution in [3.05, 3.63) is 47.1 Å². The van der Waals surface area contributed by atoms with Gasteiger partial charge in [-0.3, -0.25) is 4.57 Å². The van der Waals surface area contributed by atoms with E-state index in [4.69, 9.17) is 14.5 Å². The molecule has 0 amide bonds. The van der Waals surface area contributed by atoms with E-state index in [2.05, 4.69) is 52.0 Å². The summed E-state index contributed by atoms with van der Waals surface area (Å²) in [4.78, 5) is 17.4. The summed E-state index contributed by atoms with van der Waals surface area (Å²) in [6, 6.07) is 0.